The van der Waals surface area contributed by atoms with Gasteiger partial charge in [0.25, 0.3) is 5.91 Å². The Kier molecular flexibility index (Phi) is 5.87. The largest absolute Gasteiger partial charge is 0.491 e. The molecular formula is C15H20N2O2. The molecule has 0 aliphatic carbocycles. The number of carbonyl (C=O) groups excluding carboxylic acids is 1. The van der Waals surface area contributed by atoms with E-state index < -0.39 is 0 Å². The maximum absolute atomic E-state index is 12.3. The Hall–Kier alpha value is -2.02. The Morgan fingerprint density at radius 3 is 2.79 bits per heavy atom. The summed E-state index contributed by atoms with van der Waals surface area (Å²) < 4.78 is 5.58. The first-order chi connectivity index (χ1) is 9.08. The van der Waals surface area contributed by atoms with Crippen molar-refractivity contribution >= 4 is 5.91 Å². The van der Waals surface area contributed by atoms with Crippen LogP contribution in [0.25, 0.3) is 0 Å². The fraction of sp³-hybridized carbons (Fsp3) is 0.467. The van der Waals surface area contributed by atoms with Crippen molar-refractivity contribution in [1.29, 1.82) is 5.26 Å². The number of benzene rings is 1. The number of nitriles is 1. The van der Waals surface area contributed by atoms with Crippen LogP contribution in [0.4, 0.5) is 0 Å². The van der Waals surface area contributed by atoms with Crippen LogP contribution < -0.4 is 4.74 Å². The molecule has 0 radical (unpaired) electrons. The van der Waals surface area contributed by atoms with Gasteiger partial charge in [-0.15, -0.1) is 0 Å². The molecule has 0 atom stereocenters. The normalized spacial score (nSPS) is 10.1. The van der Waals surface area contributed by atoms with E-state index in [0.717, 1.165) is 0 Å². The van der Waals surface area contributed by atoms with Gasteiger partial charge < -0.3 is 9.64 Å². The fourth-order valence-corrected chi connectivity index (χ4v) is 1.75. The minimum absolute atomic E-state index is 0.0630. The van der Waals surface area contributed by atoms with E-state index in [-0.39, 0.29) is 12.0 Å². The Labute approximate surface area is 114 Å². The van der Waals surface area contributed by atoms with Crippen molar-refractivity contribution in [1.82, 2.24) is 4.90 Å². The zero-order chi connectivity index (χ0) is 14.3. The van der Waals surface area contributed by atoms with Crippen molar-refractivity contribution in [2.45, 2.75) is 33.3 Å². The van der Waals surface area contributed by atoms with Crippen LogP contribution in [0.5, 0.6) is 5.75 Å². The van der Waals surface area contributed by atoms with Gasteiger partial charge in [0.1, 0.15) is 5.75 Å². The van der Waals surface area contributed by atoms with Crippen molar-refractivity contribution in [3.63, 3.8) is 0 Å². The molecule has 1 aromatic rings. The molecule has 0 aliphatic heterocycles. The zero-order valence-electron chi connectivity index (χ0n) is 11.7. The molecule has 0 aromatic heterocycles. The van der Waals surface area contributed by atoms with Crippen LogP contribution in [0, 0.1) is 11.3 Å². The molecular weight excluding hydrogens is 240 g/mol. The highest BCUT2D eigenvalue weighted by Crippen LogP contribution is 2.16. The summed E-state index contributed by atoms with van der Waals surface area (Å²) in [6.07, 6.45) is 0.424. The fourth-order valence-electron chi connectivity index (χ4n) is 1.75. The van der Waals surface area contributed by atoms with E-state index in [1.54, 1.807) is 17.0 Å². The van der Waals surface area contributed by atoms with Crippen LogP contribution >= 0.6 is 0 Å². The summed E-state index contributed by atoms with van der Waals surface area (Å²) in [6.45, 7) is 6.85. The molecule has 1 amide bonds. The number of ether oxygens (including phenoxy) is 1. The summed E-state index contributed by atoms with van der Waals surface area (Å²) in [4.78, 5) is 13.9. The van der Waals surface area contributed by atoms with Gasteiger partial charge in [-0.2, -0.15) is 5.26 Å². The molecule has 0 bridgehead atoms. The van der Waals surface area contributed by atoms with Crippen LogP contribution in [-0.4, -0.2) is 30.0 Å². The SMILES string of the molecule is CCN(CCC#N)C(=O)c1cccc(OC(C)C)c1. The van der Waals surface area contributed by atoms with Gasteiger partial charge in [-0.1, -0.05) is 6.07 Å². The summed E-state index contributed by atoms with van der Waals surface area (Å²) in [5.74, 6) is 0.629. The molecule has 0 saturated heterocycles. The van der Waals surface area contributed by atoms with Gasteiger partial charge >= 0.3 is 0 Å². The highest BCUT2D eigenvalue weighted by atomic mass is 16.5. The van der Waals surface area contributed by atoms with Crippen LogP contribution in [0.1, 0.15) is 37.6 Å². The lowest BCUT2D eigenvalue weighted by Gasteiger charge is -2.20. The molecule has 1 aromatic carbocycles. The standard InChI is InChI=1S/C15H20N2O2/c1-4-17(10-6-9-16)15(18)13-7-5-8-14(11-13)19-12(2)3/h5,7-8,11-12H,4,6,10H2,1-3H3. The molecule has 102 valence electrons. The molecule has 0 saturated carbocycles. The summed E-state index contributed by atoms with van der Waals surface area (Å²) >= 11 is 0. The summed E-state index contributed by atoms with van der Waals surface area (Å²) in [5, 5.41) is 8.60. The average Bonchev–Trinajstić information content (AvgIpc) is 2.39. The average molecular weight is 260 g/mol. The van der Waals surface area contributed by atoms with Crippen LogP contribution in [0.2, 0.25) is 0 Å². The van der Waals surface area contributed by atoms with Gasteiger partial charge in [0.15, 0.2) is 0 Å². The lowest BCUT2D eigenvalue weighted by atomic mass is 10.2. The monoisotopic (exact) mass is 260 g/mol. The maximum Gasteiger partial charge on any atom is 0.254 e. The number of carbonyl (C=O) groups is 1. The van der Waals surface area contributed by atoms with Crippen molar-refractivity contribution < 1.29 is 9.53 Å². The summed E-state index contributed by atoms with van der Waals surface area (Å²) in [7, 11) is 0. The van der Waals surface area contributed by atoms with Crippen molar-refractivity contribution in [3.8, 4) is 11.8 Å². The van der Waals surface area contributed by atoms with Crippen molar-refractivity contribution in [2.75, 3.05) is 13.1 Å². The van der Waals surface area contributed by atoms with Crippen LogP contribution in [0.15, 0.2) is 24.3 Å². The van der Waals surface area contributed by atoms with Gasteiger partial charge in [-0.05, 0) is 39.0 Å². The Bertz CT molecular complexity index is 463. The predicted octanol–water partition coefficient (Wildman–Crippen LogP) is 2.85. The highest BCUT2D eigenvalue weighted by molar-refractivity contribution is 5.94. The van der Waals surface area contributed by atoms with Crippen LogP contribution in [0.3, 0.4) is 0 Å². The van der Waals surface area contributed by atoms with E-state index in [1.165, 1.54) is 0 Å². The number of amides is 1. The summed E-state index contributed by atoms with van der Waals surface area (Å²) in [5.41, 5.74) is 0.595. The number of hydrogen-bond donors (Lipinski definition) is 0. The maximum atomic E-state index is 12.3. The minimum Gasteiger partial charge on any atom is -0.491 e. The van der Waals surface area contributed by atoms with Gasteiger partial charge in [0.05, 0.1) is 18.6 Å². The molecule has 0 fully saturated rings. The first-order valence-electron chi connectivity index (χ1n) is 6.51. The second-order valence-corrected chi connectivity index (χ2v) is 4.49. The van der Waals surface area contributed by atoms with Gasteiger partial charge in [-0.3, -0.25) is 4.79 Å². The van der Waals surface area contributed by atoms with E-state index in [1.807, 2.05) is 32.9 Å². The molecule has 1 rings (SSSR count). The number of rotatable bonds is 6. The zero-order valence-corrected chi connectivity index (χ0v) is 11.7. The number of nitrogens with zero attached hydrogens (tertiary/aromatic N) is 2. The first kappa shape index (κ1) is 15.0. The van der Waals surface area contributed by atoms with Gasteiger partial charge in [-0.25, -0.2) is 0 Å². The molecule has 4 nitrogen and oxygen atoms in total. The van der Waals surface area contributed by atoms with Gasteiger partial charge in [0, 0.05) is 18.7 Å². The molecule has 0 heterocycles. The third-order valence-corrected chi connectivity index (χ3v) is 2.62. The molecule has 0 unspecified atom stereocenters. The highest BCUT2D eigenvalue weighted by Gasteiger charge is 2.14. The van der Waals surface area contributed by atoms with Crippen molar-refractivity contribution in [3.05, 3.63) is 29.8 Å². The lowest BCUT2D eigenvalue weighted by molar-refractivity contribution is 0.0767. The quantitative estimate of drug-likeness (QED) is 0.790. The minimum atomic E-state index is -0.0630. The Morgan fingerprint density at radius 2 is 2.21 bits per heavy atom. The second-order valence-electron chi connectivity index (χ2n) is 4.49. The third-order valence-electron chi connectivity index (χ3n) is 2.62. The van der Waals surface area contributed by atoms with E-state index in [2.05, 4.69) is 6.07 Å². The van der Waals surface area contributed by atoms with Crippen LogP contribution in [-0.2, 0) is 0 Å². The molecule has 19 heavy (non-hydrogen) atoms. The molecule has 4 heteroatoms. The van der Waals surface area contributed by atoms with E-state index in [0.29, 0.717) is 30.8 Å². The Balaban J connectivity index is 2.83. The second kappa shape index (κ2) is 7.42. The molecule has 0 N–H and O–H groups in total. The van der Waals surface area contributed by atoms with E-state index in [9.17, 15) is 4.79 Å². The summed E-state index contributed by atoms with van der Waals surface area (Å²) in [6, 6.07) is 9.22. The Morgan fingerprint density at radius 1 is 1.47 bits per heavy atom. The first-order valence-corrected chi connectivity index (χ1v) is 6.51. The molecule has 0 aliphatic rings. The lowest BCUT2D eigenvalue weighted by Crippen LogP contribution is -2.31. The molecule has 0 spiro atoms. The smallest absolute Gasteiger partial charge is 0.254 e. The van der Waals surface area contributed by atoms with Gasteiger partial charge in [0.2, 0.25) is 0 Å². The third kappa shape index (κ3) is 4.63. The van der Waals surface area contributed by atoms with E-state index >= 15 is 0 Å². The number of hydrogen-bond acceptors (Lipinski definition) is 3. The van der Waals surface area contributed by atoms with Crippen molar-refractivity contribution in [2.24, 2.45) is 0 Å². The predicted molar refractivity (Wildman–Crippen MR) is 74.0 cm³/mol. The topological polar surface area (TPSA) is 53.3 Å². The van der Waals surface area contributed by atoms with E-state index in [4.69, 9.17) is 10.00 Å².